The molecule has 0 saturated carbocycles. The number of nitrogens with zero attached hydrogens (tertiary/aromatic N) is 1. The van der Waals surface area contributed by atoms with Gasteiger partial charge in [-0.2, -0.15) is 0 Å². The van der Waals surface area contributed by atoms with Crippen molar-refractivity contribution >= 4 is 0 Å². The molecule has 1 saturated heterocycles. The second-order valence-electron chi connectivity index (χ2n) is 5.32. The van der Waals surface area contributed by atoms with Crippen molar-refractivity contribution < 1.29 is 0 Å². The monoisotopic (exact) mass is 246 g/mol. The first-order valence-electron chi connectivity index (χ1n) is 7.34. The highest BCUT2D eigenvalue weighted by Gasteiger charge is 2.26. The summed E-state index contributed by atoms with van der Waals surface area (Å²) in [5.74, 6) is 0. The highest BCUT2D eigenvalue weighted by Crippen LogP contribution is 2.27. The summed E-state index contributed by atoms with van der Waals surface area (Å²) >= 11 is 0. The minimum absolute atomic E-state index is 0.529. The fourth-order valence-corrected chi connectivity index (χ4v) is 2.97. The molecule has 18 heavy (non-hydrogen) atoms. The maximum Gasteiger partial charge on any atom is 0.0475 e. The van der Waals surface area contributed by atoms with Gasteiger partial charge in [-0.3, -0.25) is 4.90 Å². The molecule has 0 bridgehead atoms. The van der Waals surface area contributed by atoms with Crippen LogP contribution in [-0.2, 0) is 0 Å². The molecule has 1 aromatic carbocycles. The van der Waals surface area contributed by atoms with Gasteiger partial charge in [-0.05, 0) is 38.4 Å². The van der Waals surface area contributed by atoms with Crippen molar-refractivity contribution in [2.75, 3.05) is 19.6 Å². The van der Waals surface area contributed by atoms with Crippen LogP contribution in [0.25, 0.3) is 0 Å². The van der Waals surface area contributed by atoms with Gasteiger partial charge in [0, 0.05) is 18.6 Å². The number of hydrogen-bond acceptors (Lipinski definition) is 2. The van der Waals surface area contributed by atoms with E-state index in [0.29, 0.717) is 12.1 Å². The van der Waals surface area contributed by atoms with E-state index in [0.717, 1.165) is 13.1 Å². The van der Waals surface area contributed by atoms with Crippen LogP contribution in [0.3, 0.4) is 0 Å². The summed E-state index contributed by atoms with van der Waals surface area (Å²) in [5, 5.41) is 3.52. The van der Waals surface area contributed by atoms with E-state index in [1.165, 1.54) is 31.4 Å². The predicted molar refractivity (Wildman–Crippen MR) is 77.7 cm³/mol. The van der Waals surface area contributed by atoms with Gasteiger partial charge in [-0.25, -0.2) is 0 Å². The van der Waals surface area contributed by atoms with Crippen LogP contribution in [0.15, 0.2) is 30.3 Å². The number of piperidine rings is 1. The summed E-state index contributed by atoms with van der Waals surface area (Å²) in [6, 6.07) is 12.2. The summed E-state index contributed by atoms with van der Waals surface area (Å²) in [6.45, 7) is 7.91. The lowest BCUT2D eigenvalue weighted by Crippen LogP contribution is -2.44. The van der Waals surface area contributed by atoms with Crippen LogP contribution in [0.2, 0.25) is 0 Å². The standard InChI is InChI=1S/C16H26N2/c1-3-17-13-16(15-10-5-4-6-11-15)18-12-8-7-9-14(18)2/h4-6,10-11,14,16-17H,3,7-9,12-13H2,1-2H3. The molecule has 0 aliphatic carbocycles. The van der Waals surface area contributed by atoms with E-state index < -0.39 is 0 Å². The minimum atomic E-state index is 0.529. The Hall–Kier alpha value is -0.860. The zero-order valence-corrected chi connectivity index (χ0v) is 11.7. The van der Waals surface area contributed by atoms with E-state index >= 15 is 0 Å². The van der Waals surface area contributed by atoms with Gasteiger partial charge in [0.25, 0.3) is 0 Å². The normalized spacial score (nSPS) is 22.9. The van der Waals surface area contributed by atoms with Gasteiger partial charge >= 0.3 is 0 Å². The van der Waals surface area contributed by atoms with E-state index in [2.05, 4.69) is 54.4 Å². The molecule has 2 atom stereocenters. The molecular weight excluding hydrogens is 220 g/mol. The van der Waals surface area contributed by atoms with Crippen LogP contribution in [-0.4, -0.2) is 30.6 Å². The van der Waals surface area contributed by atoms with Crippen molar-refractivity contribution in [1.82, 2.24) is 10.2 Å². The number of benzene rings is 1. The first-order chi connectivity index (χ1) is 8.83. The van der Waals surface area contributed by atoms with E-state index in [9.17, 15) is 0 Å². The minimum Gasteiger partial charge on any atom is -0.315 e. The molecule has 1 fully saturated rings. The van der Waals surface area contributed by atoms with Gasteiger partial charge in [0.1, 0.15) is 0 Å². The van der Waals surface area contributed by atoms with Crippen molar-refractivity contribution in [2.24, 2.45) is 0 Å². The third-order valence-corrected chi connectivity index (χ3v) is 4.03. The highest BCUT2D eigenvalue weighted by atomic mass is 15.2. The average molecular weight is 246 g/mol. The second kappa shape index (κ2) is 6.91. The molecule has 1 heterocycles. The second-order valence-corrected chi connectivity index (χ2v) is 5.32. The van der Waals surface area contributed by atoms with E-state index in [1.807, 2.05) is 0 Å². The van der Waals surface area contributed by atoms with Crippen molar-refractivity contribution in [3.63, 3.8) is 0 Å². The van der Waals surface area contributed by atoms with Gasteiger partial charge in [0.15, 0.2) is 0 Å². The summed E-state index contributed by atoms with van der Waals surface area (Å²) in [7, 11) is 0. The number of likely N-dealkylation sites (N-methyl/N-ethyl adjacent to an activating group) is 1. The van der Waals surface area contributed by atoms with Crippen molar-refractivity contribution in [3.05, 3.63) is 35.9 Å². The van der Waals surface area contributed by atoms with Gasteiger partial charge in [0.05, 0.1) is 0 Å². The summed E-state index contributed by atoms with van der Waals surface area (Å²) in [6.07, 6.45) is 4.08. The first kappa shape index (κ1) is 13.6. The maximum absolute atomic E-state index is 3.52. The lowest BCUT2D eigenvalue weighted by molar-refractivity contribution is 0.104. The Labute approximate surface area is 111 Å². The third-order valence-electron chi connectivity index (χ3n) is 4.03. The maximum atomic E-state index is 3.52. The Morgan fingerprint density at radius 3 is 2.72 bits per heavy atom. The Kier molecular flexibility index (Phi) is 5.21. The Bertz CT molecular complexity index is 336. The number of likely N-dealkylation sites (tertiary alicyclic amines) is 1. The van der Waals surface area contributed by atoms with Gasteiger partial charge in [-0.15, -0.1) is 0 Å². The van der Waals surface area contributed by atoms with Gasteiger partial charge < -0.3 is 5.32 Å². The molecular formula is C16H26N2. The molecule has 2 rings (SSSR count). The molecule has 2 heteroatoms. The van der Waals surface area contributed by atoms with Crippen LogP contribution >= 0.6 is 0 Å². The molecule has 100 valence electrons. The SMILES string of the molecule is CCNCC(c1ccccc1)N1CCCCC1C. The molecule has 0 amide bonds. The molecule has 0 spiro atoms. The Morgan fingerprint density at radius 2 is 2.06 bits per heavy atom. The molecule has 2 unspecified atom stereocenters. The molecule has 0 radical (unpaired) electrons. The van der Waals surface area contributed by atoms with Crippen LogP contribution < -0.4 is 5.32 Å². The van der Waals surface area contributed by atoms with Crippen LogP contribution in [0.5, 0.6) is 0 Å². The molecule has 1 aromatic rings. The lowest BCUT2D eigenvalue weighted by Gasteiger charge is -2.40. The number of hydrogen-bond donors (Lipinski definition) is 1. The fourth-order valence-electron chi connectivity index (χ4n) is 2.97. The molecule has 0 aromatic heterocycles. The molecule has 1 aliphatic heterocycles. The number of nitrogens with one attached hydrogen (secondary N) is 1. The predicted octanol–water partition coefficient (Wildman–Crippen LogP) is 3.21. The van der Waals surface area contributed by atoms with Crippen molar-refractivity contribution in [1.29, 1.82) is 0 Å². The lowest BCUT2D eigenvalue weighted by atomic mass is 9.97. The van der Waals surface area contributed by atoms with E-state index in [1.54, 1.807) is 0 Å². The number of rotatable bonds is 5. The largest absolute Gasteiger partial charge is 0.315 e. The summed E-state index contributed by atoms with van der Waals surface area (Å²) < 4.78 is 0. The zero-order valence-electron chi connectivity index (χ0n) is 11.7. The van der Waals surface area contributed by atoms with Crippen LogP contribution in [0.1, 0.15) is 44.7 Å². The van der Waals surface area contributed by atoms with Crippen LogP contribution in [0.4, 0.5) is 0 Å². The first-order valence-corrected chi connectivity index (χ1v) is 7.34. The highest BCUT2D eigenvalue weighted by molar-refractivity contribution is 5.20. The Balaban J connectivity index is 2.13. The van der Waals surface area contributed by atoms with Gasteiger partial charge in [0.2, 0.25) is 0 Å². The van der Waals surface area contributed by atoms with Crippen molar-refractivity contribution in [2.45, 2.75) is 45.2 Å². The van der Waals surface area contributed by atoms with Crippen LogP contribution in [0, 0.1) is 0 Å². The summed E-state index contributed by atoms with van der Waals surface area (Å²) in [4.78, 5) is 2.68. The molecule has 2 nitrogen and oxygen atoms in total. The molecule has 1 aliphatic rings. The van der Waals surface area contributed by atoms with Crippen molar-refractivity contribution in [3.8, 4) is 0 Å². The average Bonchev–Trinajstić information content (AvgIpc) is 2.42. The van der Waals surface area contributed by atoms with E-state index in [-0.39, 0.29) is 0 Å². The van der Waals surface area contributed by atoms with Gasteiger partial charge in [-0.1, -0.05) is 43.7 Å². The zero-order chi connectivity index (χ0) is 12.8. The fraction of sp³-hybridized carbons (Fsp3) is 0.625. The summed E-state index contributed by atoms with van der Waals surface area (Å²) in [5.41, 5.74) is 1.45. The quantitative estimate of drug-likeness (QED) is 0.858. The van der Waals surface area contributed by atoms with E-state index in [4.69, 9.17) is 0 Å². The topological polar surface area (TPSA) is 15.3 Å². The smallest absolute Gasteiger partial charge is 0.0475 e. The molecule has 1 N–H and O–H groups in total. The third kappa shape index (κ3) is 3.33. The Morgan fingerprint density at radius 1 is 1.28 bits per heavy atom.